The molecule has 1 aliphatic carbocycles. The van der Waals surface area contributed by atoms with Gasteiger partial charge in [0, 0.05) is 54.6 Å². The van der Waals surface area contributed by atoms with Crippen LogP contribution in [0.4, 0.5) is 0 Å². The van der Waals surface area contributed by atoms with Crippen molar-refractivity contribution in [3.8, 4) is 16.9 Å². The zero-order chi connectivity index (χ0) is 34.8. The molecule has 0 saturated heterocycles. The maximum absolute atomic E-state index is 14.1. The van der Waals surface area contributed by atoms with Crippen LogP contribution in [0.25, 0.3) is 22.5 Å². The van der Waals surface area contributed by atoms with Crippen LogP contribution in [-0.4, -0.2) is 32.0 Å². The van der Waals surface area contributed by atoms with Crippen LogP contribution in [0.3, 0.4) is 0 Å². The highest BCUT2D eigenvalue weighted by Crippen LogP contribution is 2.42. The fraction of sp³-hybridized carbons (Fsp3) is 0.268. The van der Waals surface area contributed by atoms with Crippen molar-refractivity contribution in [2.75, 3.05) is 6.61 Å². The summed E-state index contributed by atoms with van der Waals surface area (Å²) in [5.74, 6) is 0.693. The van der Waals surface area contributed by atoms with Gasteiger partial charge in [0.1, 0.15) is 11.5 Å². The minimum Gasteiger partial charge on any atom is -0.506 e. The van der Waals surface area contributed by atoms with Gasteiger partial charge in [-0.05, 0) is 103 Å². The quantitative estimate of drug-likeness (QED) is 0.102. The predicted molar refractivity (Wildman–Crippen MR) is 198 cm³/mol. The van der Waals surface area contributed by atoms with E-state index in [0.29, 0.717) is 38.2 Å². The number of hydrogen-bond acceptors (Lipinski definition) is 4. The Morgan fingerprint density at radius 1 is 1.00 bits per heavy atom. The van der Waals surface area contributed by atoms with Gasteiger partial charge in [0.2, 0.25) is 5.91 Å². The summed E-state index contributed by atoms with van der Waals surface area (Å²) in [5.41, 5.74) is 13.0. The van der Waals surface area contributed by atoms with Gasteiger partial charge in [-0.1, -0.05) is 66.7 Å². The lowest BCUT2D eigenvalue weighted by molar-refractivity contribution is -0.117. The van der Waals surface area contributed by atoms with Gasteiger partial charge < -0.3 is 19.7 Å². The molecule has 0 fully saturated rings. The number of rotatable bonds is 12. The number of aliphatic hydroxyl groups is 1. The van der Waals surface area contributed by atoms with Gasteiger partial charge in [-0.3, -0.25) is 9.48 Å². The maximum atomic E-state index is 14.1. The summed E-state index contributed by atoms with van der Waals surface area (Å²) in [6.07, 6.45) is 3.93. The Hall–Kier alpha value is -5.01. The molecule has 0 atom stereocenters. The number of ether oxygens (including phenoxy) is 1. The molecule has 2 aromatic heterocycles. The summed E-state index contributed by atoms with van der Waals surface area (Å²) in [4.78, 5) is 14.1. The first-order chi connectivity index (χ1) is 23.5. The first-order valence-electron chi connectivity index (χ1n) is 16.7. The monoisotopic (exact) mass is 674 g/mol. The highest BCUT2D eigenvalue weighted by Gasteiger charge is 2.29. The molecule has 1 aliphatic rings. The normalized spacial score (nSPS) is 12.4. The number of nitrogens with one attached hydrogen (secondary N) is 1. The van der Waals surface area contributed by atoms with Crippen LogP contribution >= 0.6 is 11.6 Å². The molecule has 3 aromatic carbocycles. The van der Waals surface area contributed by atoms with Gasteiger partial charge in [0.05, 0.1) is 18.0 Å². The third kappa shape index (κ3) is 7.08. The van der Waals surface area contributed by atoms with E-state index in [-0.39, 0.29) is 11.7 Å². The molecule has 8 heteroatoms. The van der Waals surface area contributed by atoms with E-state index in [1.165, 1.54) is 0 Å². The largest absolute Gasteiger partial charge is 0.506 e. The van der Waals surface area contributed by atoms with Gasteiger partial charge in [0.15, 0.2) is 0 Å². The fourth-order valence-electron chi connectivity index (χ4n) is 6.95. The Morgan fingerprint density at radius 3 is 2.39 bits per heavy atom. The molecule has 7 nitrogen and oxygen atoms in total. The molecule has 0 spiro atoms. The van der Waals surface area contributed by atoms with E-state index in [1.54, 1.807) is 0 Å². The summed E-state index contributed by atoms with van der Waals surface area (Å²) in [6.45, 7) is 13.3. The number of carbonyl (C=O) groups excluding carboxylic acids is 1. The Labute approximate surface area is 293 Å². The second-order valence-electron chi connectivity index (χ2n) is 12.9. The zero-order valence-corrected chi connectivity index (χ0v) is 29.6. The number of benzene rings is 3. The van der Waals surface area contributed by atoms with Crippen molar-refractivity contribution in [3.63, 3.8) is 0 Å². The first kappa shape index (κ1) is 33.9. The molecular formula is C41H43ClN4O3. The standard InChI is InChI=1S/C41H43ClN4O3/c1-25-18-32(19-26(2)40(25)42)49-17-11-16-34-33-14-10-15-35(39-27(3)44-45(6)28(39)4)36(33)21-37(34)41(48)43-22-31-20-38(29(5)47)46(24-31)23-30-12-8-7-9-13-30/h7-10,12-15,18-20,24,47H,5,11,16-17,21-23H2,1-4,6H3,(H,43,48). The van der Waals surface area contributed by atoms with Gasteiger partial charge in [-0.2, -0.15) is 5.10 Å². The van der Waals surface area contributed by atoms with Crippen LogP contribution in [-0.2, 0) is 31.4 Å². The molecule has 2 N–H and O–H groups in total. The number of aromatic nitrogens is 3. The van der Waals surface area contributed by atoms with Crippen molar-refractivity contribution in [1.29, 1.82) is 0 Å². The second-order valence-corrected chi connectivity index (χ2v) is 13.3. The minimum atomic E-state index is -0.0955. The van der Waals surface area contributed by atoms with Crippen LogP contribution < -0.4 is 10.1 Å². The lowest BCUT2D eigenvalue weighted by atomic mass is 9.93. The molecule has 2 heterocycles. The van der Waals surface area contributed by atoms with Crippen molar-refractivity contribution in [2.24, 2.45) is 7.05 Å². The molecule has 252 valence electrons. The van der Waals surface area contributed by atoms with Crippen LogP contribution in [0.5, 0.6) is 5.75 Å². The van der Waals surface area contributed by atoms with E-state index in [1.807, 2.05) is 91.8 Å². The summed E-state index contributed by atoms with van der Waals surface area (Å²) in [7, 11) is 1.96. The number of aryl methyl sites for hydroxylation is 4. The van der Waals surface area contributed by atoms with Crippen molar-refractivity contribution in [2.45, 2.75) is 60.0 Å². The maximum Gasteiger partial charge on any atom is 0.248 e. The molecule has 0 unspecified atom stereocenters. The molecule has 0 aliphatic heterocycles. The van der Waals surface area contributed by atoms with Crippen molar-refractivity contribution < 1.29 is 14.6 Å². The third-order valence-electron chi connectivity index (χ3n) is 9.42. The Morgan fingerprint density at radius 2 is 1.71 bits per heavy atom. The summed E-state index contributed by atoms with van der Waals surface area (Å²) >= 11 is 6.37. The van der Waals surface area contributed by atoms with Crippen LogP contribution in [0.2, 0.25) is 5.02 Å². The molecular weight excluding hydrogens is 632 g/mol. The highest BCUT2D eigenvalue weighted by atomic mass is 35.5. The lowest BCUT2D eigenvalue weighted by Crippen LogP contribution is -2.25. The molecule has 1 amide bonds. The van der Waals surface area contributed by atoms with E-state index >= 15 is 0 Å². The van der Waals surface area contributed by atoms with Crippen molar-refractivity contribution in [1.82, 2.24) is 19.7 Å². The number of fused-ring (bicyclic) bond motifs is 1. The number of aliphatic hydroxyl groups excluding tert-OH is 1. The molecule has 49 heavy (non-hydrogen) atoms. The van der Waals surface area contributed by atoms with E-state index in [2.05, 4.69) is 42.1 Å². The van der Waals surface area contributed by atoms with Crippen LogP contribution in [0.1, 0.15) is 63.3 Å². The first-order valence-corrected chi connectivity index (χ1v) is 17.0. The summed E-state index contributed by atoms with van der Waals surface area (Å²) in [5, 5.41) is 18.9. The van der Waals surface area contributed by atoms with E-state index in [0.717, 1.165) is 84.2 Å². The van der Waals surface area contributed by atoms with Gasteiger partial charge >= 0.3 is 0 Å². The van der Waals surface area contributed by atoms with Gasteiger partial charge in [-0.25, -0.2) is 0 Å². The lowest BCUT2D eigenvalue weighted by Gasteiger charge is -2.13. The minimum absolute atomic E-state index is 0.00981. The number of hydrogen-bond donors (Lipinski definition) is 2. The number of halogens is 1. The van der Waals surface area contributed by atoms with Crippen molar-refractivity contribution >= 4 is 28.8 Å². The number of amides is 1. The highest BCUT2D eigenvalue weighted by molar-refractivity contribution is 6.32. The Balaban J connectivity index is 1.25. The smallest absolute Gasteiger partial charge is 0.248 e. The topological polar surface area (TPSA) is 81.3 Å². The molecule has 0 saturated carbocycles. The SMILES string of the molecule is C=C(O)c1cc(CNC(=O)C2=C(CCCOc3cc(C)c(Cl)c(C)c3)c3cccc(-c4c(C)nn(C)c4C)c3C2)cn1Cc1ccccc1. The zero-order valence-electron chi connectivity index (χ0n) is 28.9. The summed E-state index contributed by atoms with van der Waals surface area (Å²) < 4.78 is 10.0. The van der Waals surface area contributed by atoms with E-state index in [9.17, 15) is 9.90 Å². The second kappa shape index (κ2) is 14.2. The number of nitrogens with zero attached hydrogens (tertiary/aromatic N) is 3. The third-order valence-corrected chi connectivity index (χ3v) is 10.0. The van der Waals surface area contributed by atoms with Gasteiger partial charge in [0.25, 0.3) is 0 Å². The molecule has 0 bridgehead atoms. The summed E-state index contributed by atoms with van der Waals surface area (Å²) in [6, 6.07) is 22.2. The van der Waals surface area contributed by atoms with E-state index < -0.39 is 0 Å². The number of carbonyl (C=O) groups is 1. The number of allylic oxidation sites excluding steroid dienone is 1. The van der Waals surface area contributed by atoms with Crippen LogP contribution in [0.15, 0.2) is 85.1 Å². The predicted octanol–water partition coefficient (Wildman–Crippen LogP) is 8.84. The average Bonchev–Trinajstić information content (AvgIpc) is 3.73. The Bertz CT molecular complexity index is 2060. The fourth-order valence-corrected chi connectivity index (χ4v) is 7.06. The molecule has 5 aromatic rings. The molecule has 0 radical (unpaired) electrons. The molecule has 6 rings (SSSR count). The van der Waals surface area contributed by atoms with Crippen molar-refractivity contribution in [3.05, 3.63) is 141 Å². The van der Waals surface area contributed by atoms with Gasteiger partial charge in [-0.15, -0.1) is 0 Å². The van der Waals surface area contributed by atoms with E-state index in [4.69, 9.17) is 16.3 Å². The Kier molecular flexibility index (Phi) is 9.84. The van der Waals surface area contributed by atoms with Crippen LogP contribution in [0, 0.1) is 27.7 Å². The average molecular weight is 675 g/mol.